The molecule has 1 aromatic rings. The van der Waals surface area contributed by atoms with E-state index in [9.17, 15) is 0 Å². The molecule has 0 radical (unpaired) electrons. The molecule has 1 spiro atoms. The van der Waals surface area contributed by atoms with Crippen LogP contribution in [0.3, 0.4) is 0 Å². The number of aromatic nitrogens is 2. The van der Waals surface area contributed by atoms with Gasteiger partial charge in [0.05, 0.1) is 6.54 Å². The maximum Gasteiger partial charge on any atom is 0.122 e. The Hall–Kier alpha value is -0.870. The van der Waals surface area contributed by atoms with Crippen LogP contribution in [0.1, 0.15) is 38.4 Å². The minimum Gasteiger partial charge on any atom is -0.334 e. The zero-order valence-corrected chi connectivity index (χ0v) is 13.0. The second-order valence-electron chi connectivity index (χ2n) is 6.84. The molecule has 0 saturated carbocycles. The molecule has 112 valence electrons. The number of aryl methyl sites for hydroxylation is 1. The minimum atomic E-state index is 0.565. The average molecular weight is 276 g/mol. The smallest absolute Gasteiger partial charge is 0.122 e. The predicted molar refractivity (Wildman–Crippen MR) is 81.6 cm³/mol. The summed E-state index contributed by atoms with van der Waals surface area (Å²) >= 11 is 0. The molecule has 20 heavy (non-hydrogen) atoms. The molecule has 3 rings (SSSR count). The molecule has 2 saturated heterocycles. The van der Waals surface area contributed by atoms with Crippen LogP contribution in [-0.2, 0) is 13.1 Å². The summed E-state index contributed by atoms with van der Waals surface area (Å²) in [6.07, 6.45) is 9.40. The van der Waals surface area contributed by atoms with Gasteiger partial charge in [0.1, 0.15) is 5.82 Å². The lowest BCUT2D eigenvalue weighted by Gasteiger charge is -2.40. The highest BCUT2D eigenvalue weighted by Crippen LogP contribution is 2.38. The van der Waals surface area contributed by atoms with Gasteiger partial charge in [-0.1, -0.05) is 6.92 Å². The van der Waals surface area contributed by atoms with E-state index in [-0.39, 0.29) is 0 Å². The lowest BCUT2D eigenvalue weighted by atomic mass is 9.79. The van der Waals surface area contributed by atoms with Crippen molar-refractivity contribution in [3.8, 4) is 0 Å². The highest BCUT2D eigenvalue weighted by Gasteiger charge is 2.40. The number of likely N-dealkylation sites (tertiary alicyclic amines) is 2. The number of piperidine rings is 1. The Morgan fingerprint density at radius 2 is 2.15 bits per heavy atom. The largest absolute Gasteiger partial charge is 0.334 e. The molecule has 0 N–H and O–H groups in total. The van der Waals surface area contributed by atoms with E-state index in [0.717, 1.165) is 13.1 Å². The maximum atomic E-state index is 4.57. The van der Waals surface area contributed by atoms with E-state index in [1.165, 1.54) is 57.7 Å². The van der Waals surface area contributed by atoms with Gasteiger partial charge >= 0.3 is 0 Å². The summed E-state index contributed by atoms with van der Waals surface area (Å²) in [6, 6.07) is 0. The van der Waals surface area contributed by atoms with Crippen LogP contribution >= 0.6 is 0 Å². The van der Waals surface area contributed by atoms with Crippen LogP contribution in [0, 0.1) is 5.41 Å². The molecule has 2 fully saturated rings. The fourth-order valence-electron chi connectivity index (χ4n) is 4.07. The Labute approximate surface area is 122 Å². The van der Waals surface area contributed by atoms with Crippen molar-refractivity contribution >= 4 is 0 Å². The third-order valence-corrected chi connectivity index (χ3v) is 5.00. The first-order valence-electron chi connectivity index (χ1n) is 8.12. The quantitative estimate of drug-likeness (QED) is 0.843. The van der Waals surface area contributed by atoms with Crippen LogP contribution in [-0.4, -0.2) is 52.6 Å². The van der Waals surface area contributed by atoms with Gasteiger partial charge in [0.25, 0.3) is 0 Å². The van der Waals surface area contributed by atoms with Crippen LogP contribution in [0.4, 0.5) is 0 Å². The van der Waals surface area contributed by atoms with Gasteiger partial charge in [-0.3, -0.25) is 4.90 Å². The minimum absolute atomic E-state index is 0.565. The molecule has 0 amide bonds. The van der Waals surface area contributed by atoms with E-state index in [2.05, 4.69) is 39.5 Å². The monoisotopic (exact) mass is 276 g/mol. The van der Waals surface area contributed by atoms with E-state index >= 15 is 0 Å². The standard InChI is InChI=1S/C16H28N4/c1-3-8-20-11-7-17-15(20)12-19-9-4-5-16(14-19)6-10-18(2)13-16/h7,11H,3-6,8-10,12-14H2,1-2H3. The Kier molecular flexibility index (Phi) is 4.13. The van der Waals surface area contributed by atoms with Crippen molar-refractivity contribution in [1.82, 2.24) is 19.4 Å². The van der Waals surface area contributed by atoms with E-state index < -0.39 is 0 Å². The van der Waals surface area contributed by atoms with Crippen molar-refractivity contribution in [3.05, 3.63) is 18.2 Å². The fraction of sp³-hybridized carbons (Fsp3) is 0.812. The molecular formula is C16H28N4. The average Bonchev–Trinajstić information content (AvgIpc) is 2.99. The van der Waals surface area contributed by atoms with Gasteiger partial charge in [0.15, 0.2) is 0 Å². The second kappa shape index (κ2) is 5.86. The zero-order valence-electron chi connectivity index (χ0n) is 13.0. The van der Waals surface area contributed by atoms with E-state index in [4.69, 9.17) is 0 Å². The molecule has 2 aliphatic heterocycles. The third-order valence-electron chi connectivity index (χ3n) is 5.00. The maximum absolute atomic E-state index is 4.57. The van der Waals surface area contributed by atoms with Gasteiger partial charge in [-0.2, -0.15) is 0 Å². The molecule has 3 heterocycles. The molecule has 4 nitrogen and oxygen atoms in total. The summed E-state index contributed by atoms with van der Waals surface area (Å²) < 4.78 is 2.32. The first-order chi connectivity index (χ1) is 9.71. The highest BCUT2D eigenvalue weighted by atomic mass is 15.2. The normalized spacial score (nSPS) is 28.5. The number of hydrogen-bond donors (Lipinski definition) is 0. The Morgan fingerprint density at radius 3 is 2.90 bits per heavy atom. The van der Waals surface area contributed by atoms with Crippen molar-refractivity contribution in [1.29, 1.82) is 0 Å². The van der Waals surface area contributed by atoms with Crippen LogP contribution in [0.2, 0.25) is 0 Å². The van der Waals surface area contributed by atoms with Crippen molar-refractivity contribution in [2.75, 3.05) is 33.2 Å². The van der Waals surface area contributed by atoms with Crippen molar-refractivity contribution in [3.63, 3.8) is 0 Å². The summed E-state index contributed by atoms with van der Waals surface area (Å²) in [4.78, 5) is 9.71. The molecule has 1 unspecified atom stereocenters. The van der Waals surface area contributed by atoms with E-state index in [1.54, 1.807) is 0 Å². The lowest BCUT2D eigenvalue weighted by molar-refractivity contribution is 0.0871. The Morgan fingerprint density at radius 1 is 1.25 bits per heavy atom. The van der Waals surface area contributed by atoms with Gasteiger partial charge < -0.3 is 9.47 Å². The molecule has 0 aliphatic carbocycles. The summed E-state index contributed by atoms with van der Waals surface area (Å²) in [5.41, 5.74) is 0.565. The van der Waals surface area contributed by atoms with E-state index in [0.29, 0.717) is 5.41 Å². The topological polar surface area (TPSA) is 24.3 Å². The molecule has 0 aromatic carbocycles. The van der Waals surface area contributed by atoms with Gasteiger partial charge in [-0.15, -0.1) is 0 Å². The molecule has 4 heteroatoms. The molecule has 1 aromatic heterocycles. The number of imidazole rings is 1. The van der Waals surface area contributed by atoms with Crippen molar-refractivity contribution in [2.24, 2.45) is 5.41 Å². The molecule has 0 bridgehead atoms. The molecular weight excluding hydrogens is 248 g/mol. The van der Waals surface area contributed by atoms with E-state index in [1.807, 2.05) is 6.20 Å². The summed E-state index contributed by atoms with van der Waals surface area (Å²) in [7, 11) is 2.27. The summed E-state index contributed by atoms with van der Waals surface area (Å²) in [6.45, 7) is 9.41. The van der Waals surface area contributed by atoms with Crippen LogP contribution in [0.25, 0.3) is 0 Å². The summed E-state index contributed by atoms with van der Waals surface area (Å²) in [5, 5.41) is 0. The first-order valence-corrected chi connectivity index (χ1v) is 8.12. The molecule has 1 atom stereocenters. The van der Waals surface area contributed by atoms with Gasteiger partial charge in [-0.25, -0.2) is 4.98 Å². The Bertz CT molecular complexity index is 437. The Balaban J connectivity index is 1.64. The fourth-order valence-corrected chi connectivity index (χ4v) is 4.07. The summed E-state index contributed by atoms with van der Waals surface area (Å²) in [5.74, 6) is 1.25. The number of hydrogen-bond acceptors (Lipinski definition) is 3. The van der Waals surface area contributed by atoms with Crippen molar-refractivity contribution < 1.29 is 0 Å². The first kappa shape index (κ1) is 14.1. The lowest BCUT2D eigenvalue weighted by Crippen LogP contribution is -2.44. The van der Waals surface area contributed by atoms with Crippen LogP contribution < -0.4 is 0 Å². The predicted octanol–water partition coefficient (Wildman–Crippen LogP) is 2.21. The number of nitrogens with zero attached hydrogens (tertiary/aromatic N) is 4. The van der Waals surface area contributed by atoms with Gasteiger partial charge in [0.2, 0.25) is 0 Å². The van der Waals surface area contributed by atoms with Crippen LogP contribution in [0.5, 0.6) is 0 Å². The van der Waals surface area contributed by atoms with Gasteiger partial charge in [0, 0.05) is 32.0 Å². The van der Waals surface area contributed by atoms with Crippen LogP contribution in [0.15, 0.2) is 12.4 Å². The van der Waals surface area contributed by atoms with Crippen molar-refractivity contribution in [2.45, 2.75) is 45.7 Å². The highest BCUT2D eigenvalue weighted by molar-refractivity contribution is 4.97. The third kappa shape index (κ3) is 2.91. The molecule has 2 aliphatic rings. The zero-order chi connectivity index (χ0) is 14.0. The van der Waals surface area contributed by atoms with Gasteiger partial charge in [-0.05, 0) is 51.2 Å². The SMILES string of the molecule is CCCn1ccnc1CN1CCCC2(CCN(C)C2)C1. The second-order valence-corrected chi connectivity index (χ2v) is 6.84. The number of rotatable bonds is 4.